The van der Waals surface area contributed by atoms with E-state index in [9.17, 15) is 13.8 Å². The lowest BCUT2D eigenvalue weighted by Gasteiger charge is -2.20. The van der Waals surface area contributed by atoms with Crippen molar-refractivity contribution >= 4 is 16.0 Å². The number of carbonyl (C=O) groups excluding carboxylic acids is 1. The topological polar surface area (TPSA) is 133 Å². The van der Waals surface area contributed by atoms with Crippen molar-refractivity contribution in [1.82, 2.24) is 19.1 Å². The largest absolute Gasteiger partial charge is 0.443 e. The molecule has 0 saturated carbocycles. The van der Waals surface area contributed by atoms with Crippen molar-refractivity contribution < 1.29 is 13.7 Å². The Bertz CT molecular complexity index is 1430. The summed E-state index contributed by atoms with van der Waals surface area (Å²) in [6.07, 6.45) is 0.369. The standard InChI is InChI=1S/C23H26N6O4S/c1-15-20(17-9-7-16(13-24)8-10-17)21(30)29(26-15)19-12-11-18(14-25-19)34(32,28(5)6)27-22(31)33-23(2,3)4/h7-12,14,26H,1-6H3. The van der Waals surface area contributed by atoms with Crippen LogP contribution < -0.4 is 5.56 Å². The van der Waals surface area contributed by atoms with Crippen LogP contribution in [0.25, 0.3) is 16.9 Å². The number of aromatic amines is 1. The minimum absolute atomic E-state index is 0.191. The van der Waals surface area contributed by atoms with E-state index in [-0.39, 0.29) is 16.3 Å². The summed E-state index contributed by atoms with van der Waals surface area (Å²) in [6, 6.07) is 11.8. The number of nitrogens with one attached hydrogen (secondary N) is 1. The second kappa shape index (κ2) is 9.24. The van der Waals surface area contributed by atoms with Crippen molar-refractivity contribution in [1.29, 1.82) is 5.26 Å². The predicted molar refractivity (Wildman–Crippen MR) is 128 cm³/mol. The summed E-state index contributed by atoms with van der Waals surface area (Å²) in [5.74, 6) is 0.273. The first-order valence-corrected chi connectivity index (χ1v) is 11.8. The van der Waals surface area contributed by atoms with Crippen LogP contribution >= 0.6 is 0 Å². The first-order valence-electron chi connectivity index (χ1n) is 10.3. The summed E-state index contributed by atoms with van der Waals surface area (Å²) >= 11 is 0. The number of nitrogens with zero attached hydrogens (tertiary/aromatic N) is 5. The molecule has 1 unspecified atom stereocenters. The van der Waals surface area contributed by atoms with Crippen LogP contribution in [0, 0.1) is 18.3 Å². The average Bonchev–Trinajstić information content (AvgIpc) is 3.06. The number of hydrogen-bond acceptors (Lipinski definition) is 6. The third kappa shape index (κ3) is 5.08. The fourth-order valence-corrected chi connectivity index (χ4v) is 4.51. The molecule has 2 heterocycles. The van der Waals surface area contributed by atoms with Gasteiger partial charge in [0.25, 0.3) is 5.56 Å². The summed E-state index contributed by atoms with van der Waals surface area (Å²) in [5.41, 5.74) is 1.13. The Morgan fingerprint density at radius 2 is 1.85 bits per heavy atom. The second-order valence-electron chi connectivity index (χ2n) is 8.67. The molecule has 3 rings (SSSR count). The molecule has 11 heteroatoms. The third-order valence-electron chi connectivity index (χ3n) is 4.72. The van der Waals surface area contributed by atoms with Gasteiger partial charge in [0, 0.05) is 26.0 Å². The maximum absolute atomic E-state index is 13.5. The molecule has 0 aliphatic carbocycles. The number of hydrogen-bond donors (Lipinski definition) is 1. The van der Waals surface area contributed by atoms with Crippen molar-refractivity contribution in [3.63, 3.8) is 0 Å². The van der Waals surface area contributed by atoms with E-state index in [1.165, 1.54) is 41.4 Å². The highest BCUT2D eigenvalue weighted by atomic mass is 32.2. The van der Waals surface area contributed by atoms with Gasteiger partial charge >= 0.3 is 6.09 Å². The summed E-state index contributed by atoms with van der Waals surface area (Å²) in [4.78, 5) is 29.8. The molecule has 10 nitrogen and oxygen atoms in total. The van der Waals surface area contributed by atoms with Crippen molar-refractivity contribution in [2.24, 2.45) is 4.36 Å². The summed E-state index contributed by atoms with van der Waals surface area (Å²) in [5, 5.41) is 12.0. The lowest BCUT2D eigenvalue weighted by atomic mass is 10.1. The molecule has 178 valence electrons. The summed E-state index contributed by atoms with van der Waals surface area (Å²) in [6.45, 7) is 6.84. The number of carbonyl (C=O) groups is 1. The Kier molecular flexibility index (Phi) is 6.77. The van der Waals surface area contributed by atoms with Gasteiger partial charge in [0.2, 0.25) is 0 Å². The van der Waals surface area contributed by atoms with Crippen molar-refractivity contribution in [2.45, 2.75) is 38.2 Å². The number of ether oxygens (including phenoxy) is 1. The average molecular weight is 483 g/mol. The number of pyridine rings is 1. The van der Waals surface area contributed by atoms with E-state index in [2.05, 4.69) is 14.4 Å². The fourth-order valence-electron chi connectivity index (χ4n) is 3.15. The number of benzene rings is 1. The van der Waals surface area contributed by atoms with E-state index in [0.29, 0.717) is 22.4 Å². The molecule has 3 aromatic rings. The first kappa shape index (κ1) is 24.9. The number of amides is 1. The first-order chi connectivity index (χ1) is 15.9. The van der Waals surface area contributed by atoms with Crippen LogP contribution in [0.1, 0.15) is 32.0 Å². The molecule has 34 heavy (non-hydrogen) atoms. The van der Waals surface area contributed by atoms with Gasteiger partial charge in [-0.1, -0.05) is 12.1 Å². The second-order valence-corrected chi connectivity index (χ2v) is 11.1. The van der Waals surface area contributed by atoms with Crippen molar-refractivity contribution in [2.75, 3.05) is 14.1 Å². The monoisotopic (exact) mass is 482 g/mol. The maximum Gasteiger partial charge on any atom is 0.443 e. The number of aryl methyl sites for hydroxylation is 1. The molecule has 0 spiro atoms. The van der Waals surface area contributed by atoms with Gasteiger partial charge < -0.3 is 4.74 Å². The van der Waals surface area contributed by atoms with Gasteiger partial charge in [-0.3, -0.25) is 9.89 Å². The zero-order valence-electron chi connectivity index (χ0n) is 19.8. The minimum atomic E-state index is -3.32. The Hall–Kier alpha value is -3.75. The number of rotatable bonds is 4. The van der Waals surface area contributed by atoms with Gasteiger partial charge in [-0.2, -0.15) is 5.26 Å². The molecule has 0 radical (unpaired) electrons. The van der Waals surface area contributed by atoms with E-state index in [1.54, 1.807) is 52.0 Å². The zero-order chi connectivity index (χ0) is 25.3. The Morgan fingerprint density at radius 3 is 2.35 bits per heavy atom. The van der Waals surface area contributed by atoms with Gasteiger partial charge in [-0.25, -0.2) is 23.0 Å². The lowest BCUT2D eigenvalue weighted by molar-refractivity contribution is 0.0606. The molecule has 0 aliphatic rings. The van der Waals surface area contributed by atoms with E-state index >= 15 is 0 Å². The molecule has 0 aliphatic heterocycles. The summed E-state index contributed by atoms with van der Waals surface area (Å²) in [7, 11) is -0.251. The van der Waals surface area contributed by atoms with Crippen LogP contribution in [-0.2, 0) is 14.7 Å². The molecule has 1 atom stereocenters. The van der Waals surface area contributed by atoms with Crippen LogP contribution in [0.2, 0.25) is 0 Å². The van der Waals surface area contributed by atoms with Crippen molar-refractivity contribution in [3.8, 4) is 23.0 Å². The number of nitriles is 1. The highest BCUT2D eigenvalue weighted by Gasteiger charge is 2.23. The molecule has 1 aromatic carbocycles. The highest BCUT2D eigenvalue weighted by Crippen LogP contribution is 2.22. The van der Waals surface area contributed by atoms with Gasteiger partial charge in [0.05, 0.1) is 22.1 Å². The molecule has 0 fully saturated rings. The maximum atomic E-state index is 13.5. The van der Waals surface area contributed by atoms with Crippen LogP contribution in [0.5, 0.6) is 0 Å². The molecule has 1 N–H and O–H groups in total. The lowest BCUT2D eigenvalue weighted by Crippen LogP contribution is -2.27. The third-order valence-corrected chi connectivity index (χ3v) is 6.96. The SMILES string of the molecule is Cc1[nH]n(-c2ccc(S(=O)(=NC(=O)OC(C)(C)C)N(C)C)cn2)c(=O)c1-c1ccc(C#N)cc1. The Balaban J connectivity index is 2.01. The quantitative estimate of drug-likeness (QED) is 0.603. The van der Waals surface area contributed by atoms with Gasteiger partial charge in [-0.05, 0) is 57.5 Å². The van der Waals surface area contributed by atoms with E-state index in [1.807, 2.05) is 6.07 Å². The Morgan fingerprint density at radius 1 is 1.21 bits per heavy atom. The van der Waals surface area contributed by atoms with E-state index < -0.39 is 21.6 Å². The van der Waals surface area contributed by atoms with E-state index in [0.717, 1.165) is 0 Å². The predicted octanol–water partition coefficient (Wildman–Crippen LogP) is 3.65. The molecular formula is C23H26N6O4S. The van der Waals surface area contributed by atoms with Crippen LogP contribution in [0.3, 0.4) is 0 Å². The van der Waals surface area contributed by atoms with Crippen LogP contribution in [0.15, 0.2) is 56.6 Å². The summed E-state index contributed by atoms with van der Waals surface area (Å²) < 4.78 is 25.1. The molecule has 0 saturated heterocycles. The fraction of sp³-hybridized carbons (Fsp3) is 0.304. The number of H-pyrrole nitrogens is 1. The zero-order valence-corrected chi connectivity index (χ0v) is 20.6. The normalized spacial score (nSPS) is 13.2. The van der Waals surface area contributed by atoms with Gasteiger partial charge in [0.1, 0.15) is 5.60 Å². The van der Waals surface area contributed by atoms with Gasteiger partial charge in [-0.15, -0.1) is 4.36 Å². The van der Waals surface area contributed by atoms with Crippen LogP contribution in [0.4, 0.5) is 4.79 Å². The van der Waals surface area contributed by atoms with E-state index in [4.69, 9.17) is 10.00 Å². The number of aromatic nitrogens is 3. The highest BCUT2D eigenvalue weighted by molar-refractivity contribution is 7.91. The molecule has 2 aromatic heterocycles. The molecule has 0 bridgehead atoms. The van der Waals surface area contributed by atoms with Crippen molar-refractivity contribution in [3.05, 3.63) is 64.2 Å². The molecular weight excluding hydrogens is 456 g/mol. The molecule has 1 amide bonds. The van der Waals surface area contributed by atoms with Crippen LogP contribution in [-0.4, -0.2) is 49.1 Å². The smallest absolute Gasteiger partial charge is 0.442 e. The Labute approximate surface area is 198 Å². The minimum Gasteiger partial charge on any atom is -0.442 e. The van der Waals surface area contributed by atoms with Gasteiger partial charge in [0.15, 0.2) is 15.7 Å².